The maximum absolute atomic E-state index is 13.9. The van der Waals surface area contributed by atoms with E-state index in [4.69, 9.17) is 0 Å². The highest BCUT2D eigenvalue weighted by Crippen LogP contribution is 2.43. The molecule has 2 aliphatic heterocycles. The van der Waals surface area contributed by atoms with Crippen LogP contribution in [0.25, 0.3) is 11.0 Å². The fourth-order valence-corrected chi connectivity index (χ4v) is 7.38. The fourth-order valence-electron chi connectivity index (χ4n) is 7.38. The second-order valence-electron chi connectivity index (χ2n) is 11.4. The van der Waals surface area contributed by atoms with Gasteiger partial charge in [0.2, 0.25) is 0 Å². The molecule has 1 aliphatic carbocycles. The zero-order valence-electron chi connectivity index (χ0n) is 22.3. The fraction of sp³-hybridized carbons (Fsp3) is 0.581. The summed E-state index contributed by atoms with van der Waals surface area (Å²) in [4.78, 5) is 19.1. The largest absolute Gasteiger partial charge is 0.329 e. The molecule has 0 radical (unpaired) electrons. The molecule has 2 aromatic carbocycles. The van der Waals surface area contributed by atoms with E-state index in [-0.39, 0.29) is 17.3 Å². The first-order chi connectivity index (χ1) is 18.3. The maximum Gasteiger partial charge on any atom is 0.329 e. The summed E-state index contributed by atoms with van der Waals surface area (Å²) in [5, 5.41) is 3.43. The lowest BCUT2D eigenvalue weighted by atomic mass is 9.79. The van der Waals surface area contributed by atoms with Crippen molar-refractivity contribution in [3.63, 3.8) is 0 Å². The average molecular weight is 502 g/mol. The van der Waals surface area contributed by atoms with Crippen LogP contribution in [-0.4, -0.2) is 64.7 Å². The van der Waals surface area contributed by atoms with Gasteiger partial charge in [-0.1, -0.05) is 68.1 Å². The Bertz CT molecular complexity index is 1210. The first kappa shape index (κ1) is 24.9. The summed E-state index contributed by atoms with van der Waals surface area (Å²) in [7, 11) is 0. The maximum atomic E-state index is 13.9. The topological polar surface area (TPSA) is 45.4 Å². The van der Waals surface area contributed by atoms with Gasteiger partial charge in [0.05, 0.1) is 11.0 Å². The van der Waals surface area contributed by atoms with Gasteiger partial charge < -0.3 is 5.32 Å². The minimum Gasteiger partial charge on any atom is -0.314 e. The molecule has 6 nitrogen and oxygen atoms in total. The number of rotatable bonds is 6. The van der Waals surface area contributed by atoms with E-state index >= 15 is 0 Å². The summed E-state index contributed by atoms with van der Waals surface area (Å²) in [6.45, 7) is 8.04. The van der Waals surface area contributed by atoms with Crippen molar-refractivity contribution in [2.45, 2.75) is 69.5 Å². The predicted octanol–water partition coefficient (Wildman–Crippen LogP) is 4.59. The number of imidazole rings is 1. The van der Waals surface area contributed by atoms with E-state index in [1.807, 2.05) is 4.57 Å². The number of likely N-dealkylation sites (tertiary alicyclic amines) is 1. The van der Waals surface area contributed by atoms with Crippen molar-refractivity contribution in [2.24, 2.45) is 0 Å². The summed E-state index contributed by atoms with van der Waals surface area (Å²) in [6.07, 6.45) is 9.94. The Kier molecular flexibility index (Phi) is 7.50. The molecule has 3 fully saturated rings. The molecule has 3 aromatic rings. The van der Waals surface area contributed by atoms with Crippen LogP contribution >= 0.6 is 0 Å². The minimum absolute atomic E-state index is 0.158. The van der Waals surface area contributed by atoms with Crippen molar-refractivity contribution in [3.8, 4) is 0 Å². The summed E-state index contributed by atoms with van der Waals surface area (Å²) in [5.74, 6) is 0. The molecule has 0 amide bonds. The molecule has 0 atom stereocenters. The molecular formula is C31H43N5O. The molecule has 0 spiro atoms. The molecular weight excluding hydrogens is 458 g/mol. The Morgan fingerprint density at radius 2 is 1.41 bits per heavy atom. The number of hydrogen-bond donors (Lipinski definition) is 1. The quantitative estimate of drug-likeness (QED) is 0.502. The Labute approximate surface area is 221 Å². The molecule has 6 rings (SSSR count). The van der Waals surface area contributed by atoms with Crippen LogP contribution in [0.2, 0.25) is 0 Å². The molecule has 3 aliphatic rings. The van der Waals surface area contributed by atoms with Crippen LogP contribution in [-0.2, 0) is 12.1 Å². The monoisotopic (exact) mass is 501 g/mol. The molecule has 2 saturated heterocycles. The predicted molar refractivity (Wildman–Crippen MR) is 151 cm³/mol. The van der Waals surface area contributed by atoms with Gasteiger partial charge in [0.25, 0.3) is 0 Å². The average Bonchev–Trinajstić information content (AvgIpc) is 3.09. The number of aromatic nitrogens is 2. The van der Waals surface area contributed by atoms with Crippen molar-refractivity contribution >= 4 is 11.0 Å². The number of nitrogens with zero attached hydrogens (tertiary/aromatic N) is 4. The summed E-state index contributed by atoms with van der Waals surface area (Å²) >= 11 is 0. The summed E-state index contributed by atoms with van der Waals surface area (Å²) in [5.41, 5.74) is 4.04. The number of nitrogens with one attached hydrogen (secondary N) is 1. The Morgan fingerprint density at radius 1 is 0.757 bits per heavy atom. The van der Waals surface area contributed by atoms with Crippen LogP contribution in [0.4, 0.5) is 0 Å². The second kappa shape index (κ2) is 11.1. The summed E-state index contributed by atoms with van der Waals surface area (Å²) < 4.78 is 4.19. The lowest BCUT2D eigenvalue weighted by Crippen LogP contribution is -2.50. The Balaban J connectivity index is 1.24. The number of piperazine rings is 1. The molecule has 198 valence electrons. The van der Waals surface area contributed by atoms with Gasteiger partial charge >= 0.3 is 5.69 Å². The van der Waals surface area contributed by atoms with Crippen LogP contribution in [0.1, 0.15) is 63.0 Å². The summed E-state index contributed by atoms with van der Waals surface area (Å²) in [6, 6.07) is 20.0. The van der Waals surface area contributed by atoms with Crippen LogP contribution in [0.5, 0.6) is 0 Å². The van der Waals surface area contributed by atoms with E-state index in [0.29, 0.717) is 0 Å². The van der Waals surface area contributed by atoms with E-state index in [0.717, 1.165) is 76.2 Å². The van der Waals surface area contributed by atoms with Crippen molar-refractivity contribution in [2.75, 3.05) is 45.8 Å². The number of piperidine rings is 1. The van der Waals surface area contributed by atoms with Gasteiger partial charge in [-0.15, -0.1) is 0 Å². The van der Waals surface area contributed by atoms with E-state index in [1.54, 1.807) is 0 Å². The highest BCUT2D eigenvalue weighted by molar-refractivity contribution is 5.76. The first-order valence-electron chi connectivity index (χ1n) is 14.7. The van der Waals surface area contributed by atoms with E-state index in [9.17, 15) is 4.79 Å². The highest BCUT2D eigenvalue weighted by Gasteiger charge is 2.40. The van der Waals surface area contributed by atoms with Gasteiger partial charge in [0.1, 0.15) is 0 Å². The number of fused-ring (bicyclic) bond motifs is 1. The number of benzene rings is 2. The Morgan fingerprint density at radius 3 is 2.11 bits per heavy atom. The van der Waals surface area contributed by atoms with Crippen molar-refractivity contribution in [3.05, 3.63) is 70.6 Å². The van der Waals surface area contributed by atoms with Crippen molar-refractivity contribution in [1.82, 2.24) is 24.3 Å². The zero-order valence-corrected chi connectivity index (χ0v) is 22.3. The third-order valence-electron chi connectivity index (χ3n) is 9.40. The number of para-hydroxylation sites is 2. The smallest absolute Gasteiger partial charge is 0.314 e. The second-order valence-corrected chi connectivity index (χ2v) is 11.4. The van der Waals surface area contributed by atoms with Gasteiger partial charge in [0.15, 0.2) is 0 Å². The van der Waals surface area contributed by atoms with E-state index in [1.165, 1.54) is 44.1 Å². The molecule has 0 bridgehead atoms. The van der Waals surface area contributed by atoms with Crippen molar-refractivity contribution < 1.29 is 0 Å². The first-order valence-corrected chi connectivity index (χ1v) is 14.7. The van der Waals surface area contributed by atoms with E-state index in [2.05, 4.69) is 74.3 Å². The lowest BCUT2D eigenvalue weighted by molar-refractivity contribution is 0.0354. The van der Waals surface area contributed by atoms with Crippen LogP contribution in [0.3, 0.4) is 0 Å². The van der Waals surface area contributed by atoms with Crippen LogP contribution in [0.15, 0.2) is 59.4 Å². The van der Waals surface area contributed by atoms with Gasteiger partial charge in [-0.2, -0.15) is 0 Å². The SMILES string of the molecule is O=c1n(CCN2CCNCC2)c2ccccc2n1C1CCN(C2(c3ccccc3)CCCCCC2)CC1. The third-order valence-corrected chi connectivity index (χ3v) is 9.40. The lowest BCUT2D eigenvalue weighted by Gasteiger charge is -2.47. The molecule has 1 saturated carbocycles. The Hall–Kier alpha value is -2.41. The molecule has 1 N–H and O–H groups in total. The van der Waals surface area contributed by atoms with E-state index < -0.39 is 0 Å². The zero-order chi connectivity index (χ0) is 25.1. The minimum atomic E-state index is 0.158. The molecule has 0 unspecified atom stereocenters. The van der Waals surface area contributed by atoms with Gasteiger partial charge in [-0.05, 0) is 43.4 Å². The van der Waals surface area contributed by atoms with Crippen molar-refractivity contribution in [1.29, 1.82) is 0 Å². The molecule has 6 heteroatoms. The van der Waals surface area contributed by atoms with Gasteiger partial charge in [0, 0.05) is 63.9 Å². The van der Waals surface area contributed by atoms with Crippen LogP contribution < -0.4 is 11.0 Å². The molecule has 3 heterocycles. The molecule has 1 aromatic heterocycles. The molecule has 37 heavy (non-hydrogen) atoms. The van der Waals surface area contributed by atoms with Gasteiger partial charge in [-0.3, -0.25) is 18.9 Å². The van der Waals surface area contributed by atoms with Gasteiger partial charge in [-0.25, -0.2) is 4.79 Å². The highest BCUT2D eigenvalue weighted by atomic mass is 16.1. The third kappa shape index (κ3) is 4.91. The van der Waals surface area contributed by atoms with Crippen LogP contribution in [0, 0.1) is 0 Å². The normalized spacial score (nSPS) is 22.3. The number of hydrogen-bond acceptors (Lipinski definition) is 4. The standard InChI is InChI=1S/C31H43N5O/c37-30-35(25-24-33-22-18-32-19-23-33)28-12-6-7-13-29(28)36(30)27-14-20-34(21-15-27)31(16-8-1-2-9-17-31)26-10-4-3-5-11-26/h3-7,10-13,27,32H,1-2,8-9,14-25H2.